The Bertz CT molecular complexity index is 4030. The number of halogens is 4. The predicted octanol–water partition coefficient (Wildman–Crippen LogP) is 16.7. The molecule has 3 N–H and O–H groups in total. The van der Waals surface area contributed by atoms with Gasteiger partial charge in [-0.2, -0.15) is 0 Å². The van der Waals surface area contributed by atoms with Crippen LogP contribution in [0.15, 0.2) is 201 Å². The summed E-state index contributed by atoms with van der Waals surface area (Å²) in [4.78, 5) is 70.4. The number of carbonyl (C=O) groups excluding carboxylic acids is 3. The maximum absolute atomic E-state index is 13.7. The molecule has 0 fully saturated rings. The Morgan fingerprint density at radius 2 is 0.798 bits per heavy atom. The summed E-state index contributed by atoms with van der Waals surface area (Å²) in [5.74, 6) is -0.786. The number of pyridine rings is 6. The molecule has 0 amide bonds. The van der Waals surface area contributed by atoms with Crippen molar-refractivity contribution >= 4 is 82.3 Å². The van der Waals surface area contributed by atoms with Crippen LogP contribution in [-0.4, -0.2) is 71.5 Å². The van der Waals surface area contributed by atoms with E-state index in [4.69, 9.17) is 0 Å². The fourth-order valence-corrected chi connectivity index (χ4v) is 16.0. The Labute approximate surface area is 532 Å². The van der Waals surface area contributed by atoms with Crippen LogP contribution in [0.2, 0.25) is 16.6 Å². The van der Waals surface area contributed by atoms with Gasteiger partial charge in [-0.1, -0.05) is 113 Å². The van der Waals surface area contributed by atoms with E-state index >= 15 is 0 Å². The largest absolute Gasteiger partial charge is 0.345 e. The van der Waals surface area contributed by atoms with Crippen molar-refractivity contribution in [2.75, 3.05) is 0 Å². The monoisotopic (exact) mass is 1320 g/mol. The highest BCUT2D eigenvalue weighted by Gasteiger charge is 2.22. The van der Waals surface area contributed by atoms with Crippen LogP contribution in [0.4, 0.5) is 13.2 Å². The van der Waals surface area contributed by atoms with E-state index in [1.807, 2.05) is 54.7 Å². The fourth-order valence-electron chi connectivity index (χ4n) is 10.8. The number of carbonyl (C=O) groups is 3. The molecule has 0 saturated carbocycles. The van der Waals surface area contributed by atoms with Crippen molar-refractivity contribution in [1.82, 2.24) is 44.9 Å². The Balaban J connectivity index is 0.000000152. The number of aromatic nitrogens is 9. The van der Waals surface area contributed by atoms with Crippen molar-refractivity contribution in [2.45, 2.75) is 96.7 Å². The summed E-state index contributed by atoms with van der Waals surface area (Å²) in [6.07, 6.45) is 19.5. The van der Waals surface area contributed by atoms with Gasteiger partial charge in [-0.25, -0.2) is 28.1 Å². The number of benzene rings is 3. The van der Waals surface area contributed by atoms with E-state index in [-0.39, 0.29) is 29.0 Å². The second-order valence-corrected chi connectivity index (χ2v) is 28.6. The third-order valence-corrected chi connectivity index (χ3v) is 20.6. The van der Waals surface area contributed by atoms with Gasteiger partial charge in [0, 0.05) is 129 Å². The average molecular weight is 1320 g/mol. The zero-order valence-corrected chi connectivity index (χ0v) is 53.9. The maximum Gasteiger partial charge on any atom is 0.196 e. The molecule has 89 heavy (non-hydrogen) atoms. The molecule has 0 bridgehead atoms. The van der Waals surface area contributed by atoms with Crippen molar-refractivity contribution in [1.29, 1.82) is 0 Å². The molecule has 17 heteroatoms. The SMILES string of the molecule is CC(C)[SiH](C(C)C)C(C)C.Ic1c[nH]c2ncccc12.O=C(c1ccc(CCc2ccccc2F)nc1)c1c[nH]c2ncccc12.O=C(c1ccc(CCc2ccccc2F)nc1)c1c[nH]c2ncccc12.O=Cc1ccc(CCc2ccccc2F)nc1. The lowest BCUT2D eigenvalue weighted by molar-refractivity contribution is 0.103. The molecule has 0 aliphatic carbocycles. The lowest BCUT2D eigenvalue weighted by atomic mass is 10.0. The summed E-state index contributed by atoms with van der Waals surface area (Å²) in [5, 5.41) is 2.78. The zero-order valence-electron chi connectivity index (χ0n) is 50.6. The van der Waals surface area contributed by atoms with Crippen LogP contribution < -0.4 is 0 Å². The molecule has 12 rings (SSSR count). The van der Waals surface area contributed by atoms with E-state index in [2.05, 4.69) is 115 Å². The van der Waals surface area contributed by atoms with Crippen LogP contribution in [0.1, 0.15) is 118 Å². The molecule has 0 atom stereocenters. The van der Waals surface area contributed by atoms with Gasteiger partial charge in [-0.05, 0) is 169 Å². The summed E-state index contributed by atoms with van der Waals surface area (Å²) in [5.41, 5.74) is 12.5. The number of H-pyrrole nitrogens is 3. The lowest BCUT2D eigenvalue weighted by Gasteiger charge is -2.26. The van der Waals surface area contributed by atoms with E-state index in [0.29, 0.717) is 94.3 Å². The molecular formula is C72H71F3IN9O3Si. The average Bonchev–Trinajstić information content (AvgIpc) is 2.46. The van der Waals surface area contributed by atoms with E-state index in [9.17, 15) is 27.6 Å². The molecule has 0 saturated heterocycles. The molecule has 0 spiro atoms. The van der Waals surface area contributed by atoms with Crippen LogP contribution in [-0.2, 0) is 38.5 Å². The summed E-state index contributed by atoms with van der Waals surface area (Å²) < 4.78 is 41.9. The first-order valence-corrected chi connectivity index (χ1v) is 32.7. The topological polar surface area (TPSA) is 176 Å². The van der Waals surface area contributed by atoms with Crippen molar-refractivity contribution < 1.29 is 27.6 Å². The van der Waals surface area contributed by atoms with Crippen molar-refractivity contribution in [3.05, 3.63) is 284 Å². The van der Waals surface area contributed by atoms with E-state index < -0.39 is 8.80 Å². The Morgan fingerprint density at radius 3 is 1.12 bits per heavy atom. The Morgan fingerprint density at radius 1 is 0.438 bits per heavy atom. The first-order valence-electron chi connectivity index (χ1n) is 29.6. The summed E-state index contributed by atoms with van der Waals surface area (Å²) in [6.45, 7) is 14.3. The summed E-state index contributed by atoms with van der Waals surface area (Å²) in [7, 11) is -0.454. The number of hydrogen-bond donors (Lipinski definition) is 3. The fraction of sp³-hybridized carbons (Fsp3) is 0.208. The van der Waals surface area contributed by atoms with E-state index in [1.165, 1.54) is 33.4 Å². The number of hydrogen-bond acceptors (Lipinski definition) is 9. The minimum Gasteiger partial charge on any atom is -0.345 e. The van der Waals surface area contributed by atoms with Gasteiger partial charge in [-0.3, -0.25) is 29.3 Å². The molecule has 3 aromatic carbocycles. The quantitative estimate of drug-likeness (QED) is 0.0347. The van der Waals surface area contributed by atoms with Crippen LogP contribution in [0.5, 0.6) is 0 Å². The normalized spacial score (nSPS) is 10.9. The second kappa shape index (κ2) is 32.8. The van der Waals surface area contributed by atoms with Gasteiger partial charge in [0.25, 0.3) is 0 Å². The highest BCUT2D eigenvalue weighted by atomic mass is 127. The smallest absolute Gasteiger partial charge is 0.196 e. The van der Waals surface area contributed by atoms with Gasteiger partial charge in [0.1, 0.15) is 34.4 Å². The molecule has 0 radical (unpaired) electrons. The van der Waals surface area contributed by atoms with Gasteiger partial charge in [0.05, 0.1) is 0 Å². The Hall–Kier alpha value is -9.07. The number of aromatic amines is 3. The second-order valence-electron chi connectivity index (χ2n) is 22.3. The third kappa shape index (κ3) is 18.5. The van der Waals surface area contributed by atoms with E-state index in [1.54, 1.807) is 116 Å². The van der Waals surface area contributed by atoms with Gasteiger partial charge in [0.15, 0.2) is 17.9 Å². The standard InChI is InChI=1S/2C21H16FN3O.C14H12FNO.C9H22Si.C7H5IN2/c2*22-19-6-2-1-4-14(19)7-9-16-10-8-15(12-24-16)20(26)18-13-25-21-17(18)5-3-11-23-21;15-14-4-2-1-3-12(14)6-8-13-7-5-11(10-17)9-16-13;1-7(2)10(8(3)4)9(5)6;8-6-4-10-7-5(6)2-1-3-9-7/h2*1-6,8,10-13H,7,9H2,(H,23,25);1-5,7,9-10H,6,8H2;7-10H,1-6H3;1-4H,(H,9,10). The molecule has 454 valence electrons. The van der Waals surface area contributed by atoms with Crippen LogP contribution in [0, 0.1) is 21.0 Å². The minimum absolute atomic E-state index is 0.0996. The minimum atomic E-state index is -0.454. The summed E-state index contributed by atoms with van der Waals surface area (Å²) in [6, 6.07) is 42.2. The number of aldehydes is 1. The van der Waals surface area contributed by atoms with Gasteiger partial charge in [-0.15, -0.1) is 0 Å². The van der Waals surface area contributed by atoms with Crippen LogP contribution in [0.3, 0.4) is 0 Å². The molecule has 0 aliphatic rings. The first kappa shape index (κ1) is 65.9. The van der Waals surface area contributed by atoms with Crippen molar-refractivity contribution in [3.8, 4) is 0 Å². The maximum atomic E-state index is 13.7. The molecule has 0 aliphatic heterocycles. The van der Waals surface area contributed by atoms with Gasteiger partial charge in [0.2, 0.25) is 0 Å². The number of rotatable bonds is 17. The number of fused-ring (bicyclic) bond motifs is 3. The number of nitrogens with zero attached hydrogens (tertiary/aromatic N) is 6. The lowest BCUT2D eigenvalue weighted by Crippen LogP contribution is -2.24. The Kier molecular flexibility index (Phi) is 24.3. The number of aryl methyl sites for hydroxylation is 6. The molecule has 9 aromatic heterocycles. The molecule has 9 heterocycles. The van der Waals surface area contributed by atoms with E-state index in [0.717, 1.165) is 56.4 Å². The van der Waals surface area contributed by atoms with Crippen LogP contribution in [0.25, 0.3) is 33.1 Å². The van der Waals surface area contributed by atoms with Crippen LogP contribution >= 0.6 is 22.6 Å². The van der Waals surface area contributed by atoms with Crippen molar-refractivity contribution in [2.24, 2.45) is 0 Å². The molecule has 0 unspecified atom stereocenters. The zero-order chi connectivity index (χ0) is 63.2. The first-order chi connectivity index (χ1) is 43.1. The molecular weight excluding hydrogens is 1250 g/mol. The third-order valence-electron chi connectivity index (χ3n) is 15.1. The molecule has 12 aromatic rings. The van der Waals surface area contributed by atoms with Gasteiger partial charge >= 0.3 is 0 Å². The highest BCUT2D eigenvalue weighted by molar-refractivity contribution is 14.1. The number of ketones is 2. The highest BCUT2D eigenvalue weighted by Crippen LogP contribution is 2.29. The summed E-state index contributed by atoms with van der Waals surface area (Å²) >= 11 is 2.28. The van der Waals surface area contributed by atoms with Crippen molar-refractivity contribution in [3.63, 3.8) is 0 Å². The predicted molar refractivity (Wildman–Crippen MR) is 360 cm³/mol. The molecule has 12 nitrogen and oxygen atoms in total. The number of nitrogens with one attached hydrogen (secondary N) is 3. The van der Waals surface area contributed by atoms with Gasteiger partial charge < -0.3 is 15.0 Å².